The third-order valence-corrected chi connectivity index (χ3v) is 2.09. The Balaban J connectivity index is 0.000000171. The second-order valence-electron chi connectivity index (χ2n) is 3.77. The molecule has 1 heterocycles. The normalized spacial score (nSPS) is 9.35. The maximum absolute atomic E-state index is 8.93. The van der Waals surface area contributed by atoms with Gasteiger partial charge in [0.25, 0.3) is 0 Å². The molecule has 17 heavy (non-hydrogen) atoms. The van der Waals surface area contributed by atoms with Gasteiger partial charge in [0.2, 0.25) is 0 Å². The molecule has 0 unspecified atom stereocenters. The fourth-order valence-electron chi connectivity index (χ4n) is 1.10. The molecule has 0 saturated carbocycles. The van der Waals surface area contributed by atoms with Crippen LogP contribution in [0.15, 0.2) is 30.6 Å². The van der Waals surface area contributed by atoms with Crippen LogP contribution >= 0.6 is 0 Å². The summed E-state index contributed by atoms with van der Waals surface area (Å²) in [6.07, 6.45) is 3.52. The van der Waals surface area contributed by atoms with Gasteiger partial charge in [-0.1, -0.05) is 0 Å². The fraction of sp³-hybridized carbons (Fsp3) is 0.231. The third-order valence-electron chi connectivity index (χ3n) is 2.09. The van der Waals surface area contributed by atoms with Crippen LogP contribution in [0, 0.1) is 20.8 Å². The molecule has 0 saturated heterocycles. The molecule has 0 aliphatic heterocycles. The van der Waals surface area contributed by atoms with Gasteiger partial charge in [-0.15, -0.1) is 0 Å². The minimum atomic E-state index is 0.185. The van der Waals surface area contributed by atoms with Gasteiger partial charge in [-0.2, -0.15) is 0 Å². The quantitative estimate of drug-likeness (QED) is 0.685. The zero-order chi connectivity index (χ0) is 12.8. The topological polar surface area (TPSA) is 66.2 Å². The Bertz CT molecular complexity index is 460. The highest BCUT2D eigenvalue weighted by Gasteiger charge is 1.93. The molecule has 0 bridgehead atoms. The summed E-state index contributed by atoms with van der Waals surface area (Å²) in [6.45, 7) is 5.58. The molecule has 0 amide bonds. The molecule has 2 rings (SSSR count). The van der Waals surface area contributed by atoms with Gasteiger partial charge in [0, 0.05) is 12.4 Å². The second kappa shape index (κ2) is 5.84. The van der Waals surface area contributed by atoms with E-state index in [2.05, 4.69) is 9.97 Å². The summed E-state index contributed by atoms with van der Waals surface area (Å²) >= 11 is 0. The lowest BCUT2D eigenvalue weighted by molar-refractivity contribution is 0.456. The molecule has 0 aliphatic carbocycles. The Morgan fingerprint density at radius 2 is 1.41 bits per heavy atom. The lowest BCUT2D eigenvalue weighted by Gasteiger charge is -1.96. The molecule has 0 atom stereocenters. The van der Waals surface area contributed by atoms with Crippen LogP contribution in [-0.4, -0.2) is 20.2 Å². The first kappa shape index (κ1) is 13.0. The van der Waals surface area contributed by atoms with Gasteiger partial charge >= 0.3 is 0 Å². The number of hydrogen-bond acceptors (Lipinski definition) is 4. The van der Waals surface area contributed by atoms with Crippen LogP contribution in [0.1, 0.15) is 17.0 Å². The van der Waals surface area contributed by atoms with Crippen molar-refractivity contribution in [3.8, 4) is 11.5 Å². The van der Waals surface area contributed by atoms with Gasteiger partial charge in [0.15, 0.2) is 0 Å². The molecule has 2 aromatic rings. The number of aromatic nitrogens is 2. The number of nitrogens with zero attached hydrogens (tertiary/aromatic N) is 2. The standard InChI is InChI=1S/C7H8O2.C6H8N2/c1-5-4-6(8)2-3-7(5)9;1-5-3-8-6(2)4-7-5/h2-4,8-9H,1H3;3-4H,1-2H3. The van der Waals surface area contributed by atoms with Crippen molar-refractivity contribution in [2.24, 2.45) is 0 Å². The number of aryl methyl sites for hydroxylation is 3. The summed E-state index contributed by atoms with van der Waals surface area (Å²) in [5, 5.41) is 17.8. The van der Waals surface area contributed by atoms with Crippen molar-refractivity contribution in [1.29, 1.82) is 0 Å². The predicted octanol–water partition coefficient (Wildman–Crippen LogP) is 2.50. The first-order valence-electron chi connectivity index (χ1n) is 5.23. The summed E-state index contributed by atoms with van der Waals surface area (Å²) in [5.41, 5.74) is 2.63. The van der Waals surface area contributed by atoms with Crippen molar-refractivity contribution in [1.82, 2.24) is 9.97 Å². The Kier molecular flexibility index (Phi) is 4.46. The van der Waals surface area contributed by atoms with Crippen molar-refractivity contribution < 1.29 is 10.2 Å². The maximum Gasteiger partial charge on any atom is 0.118 e. The first-order valence-corrected chi connectivity index (χ1v) is 5.23. The summed E-state index contributed by atoms with van der Waals surface area (Å²) in [4.78, 5) is 8.03. The molecule has 4 heteroatoms. The Morgan fingerprint density at radius 1 is 0.882 bits per heavy atom. The minimum Gasteiger partial charge on any atom is -0.508 e. The van der Waals surface area contributed by atoms with Crippen LogP contribution in [0.4, 0.5) is 0 Å². The van der Waals surface area contributed by atoms with Crippen LogP contribution in [0.25, 0.3) is 0 Å². The van der Waals surface area contributed by atoms with Gasteiger partial charge in [0.05, 0.1) is 11.4 Å². The zero-order valence-electron chi connectivity index (χ0n) is 10.2. The van der Waals surface area contributed by atoms with Crippen molar-refractivity contribution in [3.05, 3.63) is 47.5 Å². The first-order chi connectivity index (χ1) is 7.99. The van der Waals surface area contributed by atoms with Crippen molar-refractivity contribution in [3.63, 3.8) is 0 Å². The number of benzene rings is 1. The average molecular weight is 232 g/mol. The van der Waals surface area contributed by atoms with E-state index in [1.807, 2.05) is 13.8 Å². The monoisotopic (exact) mass is 232 g/mol. The van der Waals surface area contributed by atoms with E-state index in [-0.39, 0.29) is 11.5 Å². The molecular weight excluding hydrogens is 216 g/mol. The lowest BCUT2D eigenvalue weighted by atomic mass is 10.2. The highest BCUT2D eigenvalue weighted by atomic mass is 16.3. The van der Waals surface area contributed by atoms with Gasteiger partial charge < -0.3 is 10.2 Å². The molecule has 2 N–H and O–H groups in total. The number of phenolic OH excluding ortho intramolecular Hbond substituents is 2. The molecular formula is C13H16N2O2. The van der Waals surface area contributed by atoms with Crippen LogP contribution in [0.3, 0.4) is 0 Å². The molecule has 4 nitrogen and oxygen atoms in total. The van der Waals surface area contributed by atoms with Crippen LogP contribution in [0.2, 0.25) is 0 Å². The van der Waals surface area contributed by atoms with E-state index < -0.39 is 0 Å². The summed E-state index contributed by atoms with van der Waals surface area (Å²) in [7, 11) is 0. The molecule has 1 aromatic heterocycles. The second-order valence-corrected chi connectivity index (χ2v) is 3.77. The lowest BCUT2D eigenvalue weighted by Crippen LogP contribution is -1.84. The molecule has 0 fully saturated rings. The number of aromatic hydroxyl groups is 2. The summed E-state index contributed by atoms with van der Waals surface area (Å²) in [5.74, 6) is 0.401. The Labute approximate surface area is 101 Å². The minimum absolute atomic E-state index is 0.185. The van der Waals surface area contributed by atoms with Crippen LogP contribution in [0.5, 0.6) is 11.5 Å². The molecule has 1 aromatic carbocycles. The van der Waals surface area contributed by atoms with E-state index in [0.29, 0.717) is 5.56 Å². The van der Waals surface area contributed by atoms with Crippen molar-refractivity contribution in [2.45, 2.75) is 20.8 Å². The van der Waals surface area contributed by atoms with E-state index in [1.54, 1.807) is 19.3 Å². The zero-order valence-corrected chi connectivity index (χ0v) is 10.2. The van der Waals surface area contributed by atoms with Crippen LogP contribution in [-0.2, 0) is 0 Å². The predicted molar refractivity (Wildman–Crippen MR) is 66.0 cm³/mol. The van der Waals surface area contributed by atoms with Gasteiger partial charge in [-0.3, -0.25) is 9.97 Å². The van der Waals surface area contributed by atoms with E-state index in [9.17, 15) is 0 Å². The summed E-state index contributed by atoms with van der Waals surface area (Å²) in [6, 6.07) is 4.42. The van der Waals surface area contributed by atoms with E-state index in [1.165, 1.54) is 18.2 Å². The van der Waals surface area contributed by atoms with Crippen LogP contribution < -0.4 is 0 Å². The van der Waals surface area contributed by atoms with E-state index >= 15 is 0 Å². The fourth-order valence-corrected chi connectivity index (χ4v) is 1.10. The van der Waals surface area contributed by atoms with E-state index in [0.717, 1.165) is 11.4 Å². The highest BCUT2D eigenvalue weighted by Crippen LogP contribution is 2.19. The average Bonchev–Trinajstić information content (AvgIpc) is 2.29. The molecule has 0 aliphatic rings. The van der Waals surface area contributed by atoms with Gasteiger partial charge in [-0.05, 0) is 44.5 Å². The number of phenols is 2. The number of rotatable bonds is 0. The van der Waals surface area contributed by atoms with Crippen molar-refractivity contribution >= 4 is 0 Å². The largest absolute Gasteiger partial charge is 0.508 e. The third kappa shape index (κ3) is 4.51. The molecule has 90 valence electrons. The van der Waals surface area contributed by atoms with Gasteiger partial charge in [0.1, 0.15) is 11.5 Å². The Hall–Kier alpha value is -2.10. The molecule has 0 spiro atoms. The Morgan fingerprint density at radius 3 is 1.76 bits per heavy atom. The summed E-state index contributed by atoms with van der Waals surface area (Å²) < 4.78 is 0. The number of hydrogen-bond donors (Lipinski definition) is 2. The SMILES string of the molecule is Cc1cc(O)ccc1O.Cc1cnc(C)cn1. The van der Waals surface area contributed by atoms with Gasteiger partial charge in [-0.25, -0.2) is 0 Å². The maximum atomic E-state index is 8.93. The molecule has 0 radical (unpaired) electrons. The smallest absolute Gasteiger partial charge is 0.118 e. The highest BCUT2D eigenvalue weighted by molar-refractivity contribution is 5.37. The van der Waals surface area contributed by atoms with E-state index in [4.69, 9.17) is 10.2 Å². The van der Waals surface area contributed by atoms with Crippen molar-refractivity contribution in [2.75, 3.05) is 0 Å².